The van der Waals surface area contributed by atoms with Crippen LogP contribution in [-0.2, 0) is 20.3 Å². The smallest absolute Gasteiger partial charge is 0.136 e. The van der Waals surface area contributed by atoms with Gasteiger partial charge < -0.3 is 19.3 Å². The first-order valence-electron chi connectivity index (χ1n) is 17.6. The van der Waals surface area contributed by atoms with Crippen LogP contribution >= 0.6 is 0 Å². The molecule has 0 N–H and O–H groups in total. The number of piperidine rings is 2. The van der Waals surface area contributed by atoms with Crippen molar-refractivity contribution in [1.29, 1.82) is 0 Å². The molecule has 4 bridgehead atoms. The summed E-state index contributed by atoms with van der Waals surface area (Å²) in [4.78, 5) is 11.6. The van der Waals surface area contributed by atoms with E-state index in [1.807, 2.05) is 0 Å². The molecule has 0 aromatic heterocycles. The second kappa shape index (κ2) is 7.49. The van der Waals surface area contributed by atoms with Gasteiger partial charge in [0.2, 0.25) is 0 Å². The van der Waals surface area contributed by atoms with Crippen molar-refractivity contribution in [2.45, 2.75) is 73.1 Å². The summed E-state index contributed by atoms with van der Waals surface area (Å²) in [5.74, 6) is 1.96. The predicted molar refractivity (Wildman–Crippen MR) is 168 cm³/mol. The van der Waals surface area contributed by atoms with E-state index in [1.54, 1.807) is 22.3 Å². The third-order valence-corrected chi connectivity index (χ3v) is 15.5. The summed E-state index contributed by atoms with van der Waals surface area (Å²) in [6, 6.07) is 21.3. The Labute approximate surface area is 259 Å². The third kappa shape index (κ3) is 2.28. The van der Waals surface area contributed by atoms with Crippen LogP contribution in [0.25, 0.3) is 0 Å². The average molecular weight is 585 g/mol. The number of hydrogen-bond donors (Lipinski definition) is 0. The van der Waals surface area contributed by atoms with Gasteiger partial charge in [-0.15, -0.1) is 0 Å². The van der Waals surface area contributed by atoms with Gasteiger partial charge in [-0.25, -0.2) is 0 Å². The minimum Gasteiger partial charge on any atom is -0.354 e. The lowest BCUT2D eigenvalue weighted by Crippen LogP contribution is -2.76. The molecule has 2 spiro atoms. The monoisotopic (exact) mass is 584 g/mol. The predicted octanol–water partition coefficient (Wildman–Crippen LogP) is 4.27. The summed E-state index contributed by atoms with van der Waals surface area (Å²) in [6.45, 7) is 6.18. The molecule has 224 valence electrons. The Morgan fingerprint density at radius 2 is 1.09 bits per heavy atom. The molecular formula is C38H40N4O2. The number of para-hydroxylation sites is 2. The van der Waals surface area contributed by atoms with Crippen molar-refractivity contribution in [2.24, 2.45) is 23.7 Å². The van der Waals surface area contributed by atoms with E-state index < -0.39 is 0 Å². The Hall–Kier alpha value is -2.64. The molecule has 13 rings (SSSR count). The van der Waals surface area contributed by atoms with Crippen molar-refractivity contribution < 1.29 is 9.47 Å². The first-order chi connectivity index (χ1) is 21.8. The van der Waals surface area contributed by atoms with Gasteiger partial charge in [0.05, 0.1) is 25.3 Å². The summed E-state index contributed by atoms with van der Waals surface area (Å²) in [6.07, 6.45) is 10.3. The molecule has 0 unspecified atom stereocenters. The molecule has 7 fully saturated rings. The zero-order valence-electron chi connectivity index (χ0n) is 25.2. The summed E-state index contributed by atoms with van der Waals surface area (Å²) < 4.78 is 14.7. The Morgan fingerprint density at radius 1 is 0.614 bits per heavy atom. The van der Waals surface area contributed by atoms with E-state index in [9.17, 15) is 0 Å². The molecule has 44 heavy (non-hydrogen) atoms. The third-order valence-electron chi connectivity index (χ3n) is 15.5. The van der Waals surface area contributed by atoms with Gasteiger partial charge in [0.15, 0.2) is 0 Å². The van der Waals surface area contributed by atoms with Crippen molar-refractivity contribution in [2.75, 3.05) is 49.2 Å². The molecular weight excluding hydrogens is 544 g/mol. The lowest BCUT2D eigenvalue weighted by Gasteiger charge is -2.65. The fourth-order valence-electron chi connectivity index (χ4n) is 14.5. The first kappa shape index (κ1) is 23.7. The van der Waals surface area contributed by atoms with Crippen LogP contribution in [-0.4, -0.2) is 85.8 Å². The number of ether oxygens (including phenoxy) is 2. The number of nitrogens with zero attached hydrogens (tertiary/aromatic N) is 4. The van der Waals surface area contributed by atoms with Crippen LogP contribution in [0.4, 0.5) is 11.4 Å². The number of anilines is 2. The molecule has 11 aliphatic rings. The normalized spacial score (nSPS) is 49.4. The molecule has 0 radical (unpaired) electrons. The first-order valence-corrected chi connectivity index (χ1v) is 17.6. The Morgan fingerprint density at radius 3 is 1.59 bits per heavy atom. The van der Waals surface area contributed by atoms with Crippen LogP contribution in [0.3, 0.4) is 0 Å². The summed E-state index contributed by atoms with van der Waals surface area (Å²) in [7, 11) is 0. The molecule has 5 saturated heterocycles. The maximum Gasteiger partial charge on any atom is 0.136 e. The van der Waals surface area contributed by atoms with Crippen LogP contribution in [0.5, 0.6) is 0 Å². The number of fused-ring (bicyclic) bond motifs is 6. The van der Waals surface area contributed by atoms with E-state index in [0.29, 0.717) is 47.8 Å². The lowest BCUT2D eigenvalue weighted by atomic mass is 9.52. The highest BCUT2D eigenvalue weighted by molar-refractivity contribution is 5.72. The molecule has 2 aromatic rings. The van der Waals surface area contributed by atoms with Crippen LogP contribution in [0.2, 0.25) is 0 Å². The molecule has 6 heteroatoms. The molecule has 6 nitrogen and oxygen atoms in total. The second-order valence-corrected chi connectivity index (χ2v) is 16.1. The summed E-state index contributed by atoms with van der Waals surface area (Å²) >= 11 is 0. The minimum absolute atomic E-state index is 0.0792. The van der Waals surface area contributed by atoms with Gasteiger partial charge >= 0.3 is 0 Å². The fraction of sp³-hybridized carbons (Fsp3) is 0.579. The quantitative estimate of drug-likeness (QED) is 0.431. The van der Waals surface area contributed by atoms with E-state index >= 15 is 0 Å². The highest BCUT2D eigenvalue weighted by atomic mass is 16.5. The van der Waals surface area contributed by atoms with Gasteiger partial charge in [-0.2, -0.15) is 0 Å². The van der Waals surface area contributed by atoms with Crippen LogP contribution in [0.1, 0.15) is 36.8 Å². The van der Waals surface area contributed by atoms with Gasteiger partial charge in [0.25, 0.3) is 0 Å². The van der Waals surface area contributed by atoms with E-state index in [0.717, 1.165) is 26.3 Å². The SMILES string of the molecule is C1=C2CN3CC[C@]45c6ccccc6N6[C@H]4[C@H]([C@@H](OC1)N1c4ccccc4[C@@]47CCN8CC9=CCO[C@H]6[C@@H]([C@H]14)[C@H]9C[C@H]87)[C@H]2C[C@H]35. The van der Waals surface area contributed by atoms with E-state index in [1.165, 1.54) is 50.1 Å². The van der Waals surface area contributed by atoms with Crippen LogP contribution < -0.4 is 9.80 Å². The highest BCUT2D eigenvalue weighted by Gasteiger charge is 2.76. The molecule has 2 saturated carbocycles. The number of benzene rings is 2. The number of rotatable bonds is 0. The van der Waals surface area contributed by atoms with Gasteiger partial charge in [-0.05, 0) is 73.9 Å². The van der Waals surface area contributed by atoms with Gasteiger partial charge in [-0.3, -0.25) is 9.80 Å². The van der Waals surface area contributed by atoms with Gasteiger partial charge in [-0.1, -0.05) is 59.7 Å². The minimum atomic E-state index is 0.0792. The van der Waals surface area contributed by atoms with E-state index in [-0.39, 0.29) is 23.3 Å². The maximum absolute atomic E-state index is 7.36. The second-order valence-electron chi connectivity index (χ2n) is 16.1. The van der Waals surface area contributed by atoms with Crippen molar-refractivity contribution >= 4 is 11.4 Å². The van der Waals surface area contributed by atoms with Gasteiger partial charge in [0.1, 0.15) is 12.5 Å². The fourth-order valence-corrected chi connectivity index (χ4v) is 14.5. The lowest BCUT2D eigenvalue weighted by molar-refractivity contribution is -0.105. The zero-order valence-corrected chi connectivity index (χ0v) is 25.2. The van der Waals surface area contributed by atoms with E-state index in [4.69, 9.17) is 9.47 Å². The Bertz CT molecular complexity index is 1610. The van der Waals surface area contributed by atoms with Crippen LogP contribution in [0.15, 0.2) is 71.8 Å². The maximum atomic E-state index is 7.36. The van der Waals surface area contributed by atoms with E-state index in [2.05, 4.69) is 80.3 Å². The molecule has 9 aliphatic heterocycles. The molecule has 2 aliphatic carbocycles. The molecule has 9 heterocycles. The molecule has 12 atom stereocenters. The Kier molecular flexibility index (Phi) is 4.03. The molecule has 0 amide bonds. The van der Waals surface area contributed by atoms with Crippen molar-refractivity contribution in [3.63, 3.8) is 0 Å². The topological polar surface area (TPSA) is 31.4 Å². The van der Waals surface area contributed by atoms with Crippen molar-refractivity contribution in [3.8, 4) is 0 Å². The zero-order chi connectivity index (χ0) is 28.1. The Balaban J connectivity index is 1.15. The largest absolute Gasteiger partial charge is 0.354 e. The highest BCUT2D eigenvalue weighted by Crippen LogP contribution is 2.71. The van der Waals surface area contributed by atoms with Crippen molar-refractivity contribution in [1.82, 2.24) is 9.80 Å². The van der Waals surface area contributed by atoms with Gasteiger partial charge in [0, 0.05) is 59.2 Å². The summed E-state index contributed by atoms with van der Waals surface area (Å²) in [5.41, 5.74) is 9.81. The summed E-state index contributed by atoms with van der Waals surface area (Å²) in [5, 5.41) is 0. The van der Waals surface area contributed by atoms with Crippen molar-refractivity contribution in [3.05, 3.63) is 83.0 Å². The number of hydrogen-bond acceptors (Lipinski definition) is 6. The average Bonchev–Trinajstić information content (AvgIpc) is 3.71. The van der Waals surface area contributed by atoms with Crippen LogP contribution in [0, 0.1) is 23.7 Å². The molecule has 2 aromatic carbocycles. The standard InChI is InChI=1S/C38H40N4O2/c1-3-7-27-25(5-1)37-11-13-39-19-21-10-16-44-36-31(23(21)17-29(37)39)33(37)41(27)35-32-24-18-30-38(12-14-40(30)20-22(24)9-15-43-35)26-6-2-4-8-28(26)42(36)34(32)38/h1-10,23-24,29-36H,11-20H2/t23-,24-,29-,30-,31+,32+,33-,34-,35-,36+,37+,38+/m0/s1.